The molecule has 0 saturated heterocycles. The van der Waals surface area contributed by atoms with Crippen molar-refractivity contribution in [1.82, 2.24) is 4.31 Å². The van der Waals surface area contributed by atoms with Gasteiger partial charge in [-0.05, 0) is 35.7 Å². The molecule has 0 aliphatic rings. The molecule has 3 rings (SSSR count). The van der Waals surface area contributed by atoms with Crippen LogP contribution in [0.15, 0.2) is 65.6 Å². The Morgan fingerprint density at radius 2 is 1.62 bits per heavy atom. The molecule has 2 N–H and O–H groups in total. The van der Waals surface area contributed by atoms with E-state index in [1.54, 1.807) is 38.1 Å². The number of amides is 1. The summed E-state index contributed by atoms with van der Waals surface area (Å²) in [4.78, 5) is 24.6. The zero-order valence-corrected chi connectivity index (χ0v) is 18.6. The third-order valence-corrected chi connectivity index (χ3v) is 7.00. The van der Waals surface area contributed by atoms with Crippen LogP contribution in [-0.4, -0.2) is 49.4 Å². The highest BCUT2D eigenvalue weighted by molar-refractivity contribution is 7.89. The number of esters is 1. The largest absolute Gasteiger partial charge is 0.506 e. The smallest absolute Gasteiger partial charge is 0.342 e. The first-order valence-corrected chi connectivity index (χ1v) is 11.5. The molecule has 0 aromatic heterocycles. The maximum atomic E-state index is 12.5. The number of anilines is 1. The van der Waals surface area contributed by atoms with Crippen LogP contribution < -0.4 is 5.32 Å². The predicted octanol–water partition coefficient (Wildman–Crippen LogP) is 3.37. The van der Waals surface area contributed by atoms with Crippen molar-refractivity contribution < 1.29 is 27.9 Å². The van der Waals surface area contributed by atoms with Crippen LogP contribution in [0, 0.1) is 0 Å². The number of phenols is 1. The number of hydrogen-bond acceptors (Lipinski definition) is 6. The molecule has 0 spiro atoms. The van der Waals surface area contributed by atoms with E-state index in [1.807, 2.05) is 6.07 Å². The number of carbonyl (C=O) groups is 2. The third kappa shape index (κ3) is 4.90. The van der Waals surface area contributed by atoms with Gasteiger partial charge in [-0.2, -0.15) is 4.31 Å². The molecule has 3 aromatic rings. The van der Waals surface area contributed by atoms with Crippen LogP contribution in [0.25, 0.3) is 10.8 Å². The first-order valence-electron chi connectivity index (χ1n) is 10.1. The highest BCUT2D eigenvalue weighted by Gasteiger charge is 2.21. The molecule has 3 aromatic carbocycles. The lowest BCUT2D eigenvalue weighted by Gasteiger charge is -2.18. The van der Waals surface area contributed by atoms with E-state index in [0.717, 1.165) is 5.39 Å². The maximum absolute atomic E-state index is 12.5. The van der Waals surface area contributed by atoms with Gasteiger partial charge in [0.1, 0.15) is 11.3 Å². The van der Waals surface area contributed by atoms with Crippen LogP contribution in [0.4, 0.5) is 5.69 Å². The van der Waals surface area contributed by atoms with E-state index < -0.39 is 28.5 Å². The molecule has 8 nitrogen and oxygen atoms in total. The first-order chi connectivity index (χ1) is 15.3. The Morgan fingerprint density at radius 3 is 2.28 bits per heavy atom. The minimum atomic E-state index is -3.59. The summed E-state index contributed by atoms with van der Waals surface area (Å²) < 4.78 is 31.4. The van der Waals surface area contributed by atoms with Gasteiger partial charge in [0.25, 0.3) is 5.91 Å². The minimum Gasteiger partial charge on any atom is -0.506 e. The van der Waals surface area contributed by atoms with Crippen molar-refractivity contribution in [1.29, 1.82) is 0 Å². The highest BCUT2D eigenvalue weighted by Crippen LogP contribution is 2.29. The third-order valence-electron chi connectivity index (χ3n) is 4.94. The molecule has 0 heterocycles. The van der Waals surface area contributed by atoms with Crippen LogP contribution in [0.1, 0.15) is 24.2 Å². The predicted molar refractivity (Wildman–Crippen MR) is 121 cm³/mol. The Kier molecular flexibility index (Phi) is 7.12. The van der Waals surface area contributed by atoms with Crippen LogP contribution in [-0.2, 0) is 19.6 Å². The summed E-state index contributed by atoms with van der Waals surface area (Å²) in [5.74, 6) is -1.64. The van der Waals surface area contributed by atoms with Crippen LogP contribution in [0.3, 0.4) is 0 Å². The Hall–Kier alpha value is -3.43. The molecule has 9 heteroatoms. The van der Waals surface area contributed by atoms with Crippen molar-refractivity contribution in [2.75, 3.05) is 25.0 Å². The number of ether oxygens (including phenoxy) is 1. The molecular formula is C23H24N2O6S. The van der Waals surface area contributed by atoms with Gasteiger partial charge in [0.05, 0.1) is 4.90 Å². The lowest BCUT2D eigenvalue weighted by molar-refractivity contribution is -0.119. The van der Waals surface area contributed by atoms with Gasteiger partial charge in [-0.1, -0.05) is 44.2 Å². The molecule has 1 amide bonds. The van der Waals surface area contributed by atoms with Crippen LogP contribution >= 0.6 is 0 Å². The van der Waals surface area contributed by atoms with Gasteiger partial charge in [-0.15, -0.1) is 0 Å². The molecule has 0 saturated carbocycles. The number of benzene rings is 3. The number of rotatable bonds is 8. The van der Waals surface area contributed by atoms with Crippen molar-refractivity contribution in [3.8, 4) is 5.75 Å². The number of fused-ring (bicyclic) bond motifs is 1. The molecule has 0 unspecified atom stereocenters. The molecule has 0 fully saturated rings. The maximum Gasteiger partial charge on any atom is 0.342 e. The fourth-order valence-electron chi connectivity index (χ4n) is 3.25. The van der Waals surface area contributed by atoms with E-state index in [9.17, 15) is 23.1 Å². The average Bonchev–Trinajstić information content (AvgIpc) is 2.79. The summed E-state index contributed by atoms with van der Waals surface area (Å²) in [6, 6.07) is 15.9. The molecular weight excluding hydrogens is 432 g/mol. The number of nitrogens with one attached hydrogen (secondary N) is 1. The lowest BCUT2D eigenvalue weighted by Crippen LogP contribution is -2.30. The number of phenolic OH excluding ortho intramolecular Hbond substituents is 1. The zero-order chi connectivity index (χ0) is 23.3. The normalized spacial score (nSPS) is 11.5. The summed E-state index contributed by atoms with van der Waals surface area (Å²) in [5.41, 5.74) is 0.320. The SMILES string of the molecule is CCN(CC)S(=O)(=O)c1ccc(NC(=O)COC(=O)c2ccc3ccccc3c2O)cc1. The number of sulfonamides is 1. The molecule has 168 valence electrons. The number of aromatic hydroxyl groups is 1. The second-order valence-electron chi connectivity index (χ2n) is 6.92. The molecule has 0 bridgehead atoms. The van der Waals surface area contributed by atoms with Crippen molar-refractivity contribution in [2.45, 2.75) is 18.7 Å². The second-order valence-corrected chi connectivity index (χ2v) is 8.86. The Labute approximate surface area is 186 Å². The van der Waals surface area contributed by atoms with E-state index >= 15 is 0 Å². The minimum absolute atomic E-state index is 0.0394. The van der Waals surface area contributed by atoms with E-state index in [-0.39, 0.29) is 16.2 Å². The van der Waals surface area contributed by atoms with E-state index in [4.69, 9.17) is 4.74 Å². The van der Waals surface area contributed by atoms with Crippen LogP contribution in [0.2, 0.25) is 0 Å². The molecule has 0 aliphatic carbocycles. The zero-order valence-electron chi connectivity index (χ0n) is 17.7. The van der Waals surface area contributed by atoms with Gasteiger partial charge in [0.2, 0.25) is 10.0 Å². The summed E-state index contributed by atoms with van der Waals surface area (Å²) in [5, 5.41) is 14.1. The Morgan fingerprint density at radius 1 is 0.969 bits per heavy atom. The van der Waals surface area contributed by atoms with E-state index in [1.165, 1.54) is 34.6 Å². The van der Waals surface area contributed by atoms with Crippen molar-refractivity contribution in [3.63, 3.8) is 0 Å². The first kappa shape index (κ1) is 23.2. The standard InChI is InChI=1S/C23H24N2O6S/c1-3-25(4-2)32(29,30)18-12-10-17(11-13-18)24-21(26)15-31-23(28)20-14-9-16-7-5-6-8-19(16)22(20)27/h5-14,27H,3-4,15H2,1-2H3,(H,24,26). The van der Waals surface area contributed by atoms with Gasteiger partial charge in [0, 0.05) is 24.2 Å². The Balaban J connectivity index is 1.62. The Bertz CT molecular complexity index is 1240. The van der Waals surface area contributed by atoms with Crippen molar-refractivity contribution in [2.24, 2.45) is 0 Å². The average molecular weight is 457 g/mol. The summed E-state index contributed by atoms with van der Waals surface area (Å²) >= 11 is 0. The van der Waals surface area contributed by atoms with Gasteiger partial charge in [-0.25, -0.2) is 13.2 Å². The summed E-state index contributed by atoms with van der Waals surface area (Å²) in [7, 11) is -3.59. The topological polar surface area (TPSA) is 113 Å². The lowest BCUT2D eigenvalue weighted by atomic mass is 10.1. The van der Waals surface area contributed by atoms with Crippen molar-refractivity contribution >= 4 is 38.4 Å². The van der Waals surface area contributed by atoms with Gasteiger partial charge in [-0.3, -0.25) is 4.79 Å². The van der Waals surface area contributed by atoms with Crippen molar-refractivity contribution in [3.05, 3.63) is 66.2 Å². The number of nitrogens with zero attached hydrogens (tertiary/aromatic N) is 1. The summed E-state index contributed by atoms with van der Waals surface area (Å²) in [6.45, 7) is 3.67. The molecule has 0 radical (unpaired) electrons. The molecule has 0 atom stereocenters. The number of carbonyl (C=O) groups excluding carboxylic acids is 2. The van der Waals surface area contributed by atoms with Gasteiger partial charge < -0.3 is 15.2 Å². The van der Waals surface area contributed by atoms with E-state index in [0.29, 0.717) is 24.2 Å². The summed E-state index contributed by atoms with van der Waals surface area (Å²) in [6.07, 6.45) is 0. The monoisotopic (exact) mass is 456 g/mol. The van der Waals surface area contributed by atoms with Crippen LogP contribution in [0.5, 0.6) is 5.75 Å². The number of hydrogen-bond donors (Lipinski definition) is 2. The fraction of sp³-hybridized carbons (Fsp3) is 0.217. The van der Waals surface area contributed by atoms with Gasteiger partial charge in [0.15, 0.2) is 6.61 Å². The molecule has 0 aliphatic heterocycles. The highest BCUT2D eigenvalue weighted by atomic mass is 32.2. The quantitative estimate of drug-likeness (QED) is 0.503. The van der Waals surface area contributed by atoms with E-state index in [2.05, 4.69) is 5.32 Å². The second kappa shape index (κ2) is 9.80. The fourth-order valence-corrected chi connectivity index (χ4v) is 4.71. The van der Waals surface area contributed by atoms with Gasteiger partial charge >= 0.3 is 5.97 Å². The molecule has 32 heavy (non-hydrogen) atoms.